The number of anilines is 2. The quantitative estimate of drug-likeness (QED) is 0.232. The first-order valence-corrected chi connectivity index (χ1v) is 13.4. The van der Waals surface area contributed by atoms with Gasteiger partial charge in [-0.25, -0.2) is 0 Å². The Morgan fingerprint density at radius 3 is 1.15 bits per heavy atom. The van der Waals surface area contributed by atoms with Crippen LogP contribution in [0.25, 0.3) is 66.1 Å². The van der Waals surface area contributed by atoms with E-state index in [1.807, 2.05) is 24.3 Å². The Labute approximate surface area is 231 Å². The third-order valence-corrected chi connectivity index (χ3v) is 7.98. The van der Waals surface area contributed by atoms with Crippen molar-refractivity contribution in [1.29, 1.82) is 0 Å². The lowest BCUT2D eigenvalue weighted by Crippen LogP contribution is -1.94. The van der Waals surface area contributed by atoms with Gasteiger partial charge in [0.2, 0.25) is 0 Å². The zero-order valence-corrected chi connectivity index (χ0v) is 21.8. The van der Waals surface area contributed by atoms with Crippen LogP contribution in [-0.4, -0.2) is 9.13 Å². The maximum Gasteiger partial charge on any atom is 0.0541 e. The van der Waals surface area contributed by atoms with E-state index in [4.69, 9.17) is 11.5 Å². The van der Waals surface area contributed by atoms with Gasteiger partial charge >= 0.3 is 0 Å². The SMILES string of the molecule is Nc1ccc(-n2c3ccccc3c3cc(-c4ccc5c(c4)c4ccccc4n5-c4ccc(N)cc4)ccc32)cc1. The predicted molar refractivity (Wildman–Crippen MR) is 169 cm³/mol. The minimum absolute atomic E-state index is 0.764. The zero-order valence-electron chi connectivity index (χ0n) is 21.8. The molecule has 8 rings (SSSR count). The molecule has 0 unspecified atom stereocenters. The molecule has 4 N–H and O–H groups in total. The van der Waals surface area contributed by atoms with E-state index in [1.165, 1.54) is 54.7 Å². The first-order chi connectivity index (χ1) is 19.7. The zero-order chi connectivity index (χ0) is 26.8. The van der Waals surface area contributed by atoms with Gasteiger partial charge in [0.25, 0.3) is 0 Å². The van der Waals surface area contributed by atoms with Crippen LogP contribution in [0.3, 0.4) is 0 Å². The molecule has 0 saturated carbocycles. The average molecular weight is 515 g/mol. The van der Waals surface area contributed by atoms with Gasteiger partial charge in [0.1, 0.15) is 0 Å². The molecular formula is C36H26N4. The Balaban J connectivity index is 1.34. The number of benzene rings is 6. The first kappa shape index (κ1) is 22.5. The lowest BCUT2D eigenvalue weighted by atomic mass is 10.0. The molecule has 8 aromatic rings. The largest absolute Gasteiger partial charge is 0.399 e. The summed E-state index contributed by atoms with van der Waals surface area (Å²) in [6.45, 7) is 0. The van der Waals surface area contributed by atoms with E-state index in [9.17, 15) is 0 Å². The summed E-state index contributed by atoms with van der Waals surface area (Å²) in [6, 6.07) is 47.0. The molecule has 4 heteroatoms. The molecule has 2 heterocycles. The fourth-order valence-corrected chi connectivity index (χ4v) is 6.11. The molecule has 0 atom stereocenters. The first-order valence-electron chi connectivity index (χ1n) is 13.4. The van der Waals surface area contributed by atoms with Gasteiger partial charge in [-0.05, 0) is 96.1 Å². The molecule has 0 aliphatic heterocycles. The van der Waals surface area contributed by atoms with Crippen LogP contribution in [0.5, 0.6) is 0 Å². The molecular weight excluding hydrogens is 488 g/mol. The van der Waals surface area contributed by atoms with Crippen molar-refractivity contribution in [3.63, 3.8) is 0 Å². The van der Waals surface area contributed by atoms with Crippen molar-refractivity contribution < 1.29 is 0 Å². The van der Waals surface area contributed by atoms with Crippen molar-refractivity contribution in [2.24, 2.45) is 0 Å². The maximum atomic E-state index is 5.99. The van der Waals surface area contributed by atoms with E-state index < -0.39 is 0 Å². The lowest BCUT2D eigenvalue weighted by molar-refractivity contribution is 1.18. The molecule has 0 radical (unpaired) electrons. The number of hydrogen-bond acceptors (Lipinski definition) is 2. The monoisotopic (exact) mass is 514 g/mol. The number of fused-ring (bicyclic) bond motifs is 6. The Bertz CT molecular complexity index is 2050. The molecule has 2 aromatic heterocycles. The minimum atomic E-state index is 0.764. The lowest BCUT2D eigenvalue weighted by Gasteiger charge is -2.10. The summed E-state index contributed by atoms with van der Waals surface area (Å²) in [7, 11) is 0. The summed E-state index contributed by atoms with van der Waals surface area (Å²) in [5.41, 5.74) is 22.8. The van der Waals surface area contributed by atoms with E-state index in [-0.39, 0.29) is 0 Å². The molecule has 0 spiro atoms. The molecule has 0 fully saturated rings. The van der Waals surface area contributed by atoms with E-state index in [0.29, 0.717) is 0 Å². The number of nitrogens with zero attached hydrogens (tertiary/aromatic N) is 2. The highest BCUT2D eigenvalue weighted by atomic mass is 15.0. The van der Waals surface area contributed by atoms with Crippen LogP contribution in [0.15, 0.2) is 133 Å². The third kappa shape index (κ3) is 3.33. The second-order valence-electron chi connectivity index (χ2n) is 10.4. The minimum Gasteiger partial charge on any atom is -0.399 e. The standard InChI is InChI=1S/C36H26N4/c37-25-11-15-27(16-12-25)39-33-7-3-1-5-29(33)31-21-23(9-19-35(31)39)24-10-20-36-32(22-24)30-6-2-4-8-34(30)40(36)28-17-13-26(38)14-18-28/h1-22H,37-38H2. The van der Waals surface area contributed by atoms with Crippen molar-refractivity contribution >= 4 is 55.0 Å². The second kappa shape index (κ2) is 8.52. The van der Waals surface area contributed by atoms with E-state index in [1.54, 1.807) is 0 Å². The van der Waals surface area contributed by atoms with E-state index in [2.05, 4.69) is 118 Å². The molecule has 0 amide bonds. The Hall–Kier alpha value is -5.48. The van der Waals surface area contributed by atoms with Crippen LogP contribution in [0.4, 0.5) is 11.4 Å². The fourth-order valence-electron chi connectivity index (χ4n) is 6.11. The molecule has 0 aliphatic carbocycles. The summed E-state index contributed by atoms with van der Waals surface area (Å²) in [5, 5.41) is 4.93. The summed E-state index contributed by atoms with van der Waals surface area (Å²) in [6.07, 6.45) is 0. The van der Waals surface area contributed by atoms with Gasteiger partial charge in [-0.15, -0.1) is 0 Å². The molecule has 0 saturated heterocycles. The third-order valence-electron chi connectivity index (χ3n) is 7.98. The summed E-state index contributed by atoms with van der Waals surface area (Å²) in [5.74, 6) is 0. The van der Waals surface area contributed by atoms with Gasteiger partial charge in [-0.1, -0.05) is 48.5 Å². The molecule has 6 aromatic carbocycles. The highest BCUT2D eigenvalue weighted by Crippen LogP contribution is 2.38. The number of nitrogens with two attached hydrogens (primary N) is 2. The van der Waals surface area contributed by atoms with Crippen LogP contribution < -0.4 is 11.5 Å². The van der Waals surface area contributed by atoms with Crippen molar-refractivity contribution in [3.8, 4) is 22.5 Å². The van der Waals surface area contributed by atoms with Gasteiger partial charge in [-0.2, -0.15) is 0 Å². The van der Waals surface area contributed by atoms with Crippen LogP contribution in [-0.2, 0) is 0 Å². The Morgan fingerprint density at radius 2 is 0.725 bits per heavy atom. The summed E-state index contributed by atoms with van der Waals surface area (Å²) < 4.78 is 4.63. The van der Waals surface area contributed by atoms with Gasteiger partial charge in [0.05, 0.1) is 22.1 Å². The molecule has 0 aliphatic rings. The highest BCUT2D eigenvalue weighted by Gasteiger charge is 2.15. The molecule has 4 nitrogen and oxygen atoms in total. The van der Waals surface area contributed by atoms with Crippen molar-refractivity contribution in [1.82, 2.24) is 9.13 Å². The predicted octanol–water partition coefficient (Wildman–Crippen LogP) is 8.71. The smallest absolute Gasteiger partial charge is 0.0541 e. The maximum absolute atomic E-state index is 5.99. The van der Waals surface area contributed by atoms with Crippen LogP contribution in [0.1, 0.15) is 0 Å². The van der Waals surface area contributed by atoms with Crippen LogP contribution >= 0.6 is 0 Å². The Morgan fingerprint density at radius 1 is 0.350 bits per heavy atom. The van der Waals surface area contributed by atoms with Gasteiger partial charge in [0.15, 0.2) is 0 Å². The van der Waals surface area contributed by atoms with Crippen molar-refractivity contribution in [3.05, 3.63) is 133 Å². The molecule has 190 valence electrons. The summed E-state index contributed by atoms with van der Waals surface area (Å²) in [4.78, 5) is 0. The fraction of sp³-hybridized carbons (Fsp3) is 0. The topological polar surface area (TPSA) is 61.9 Å². The van der Waals surface area contributed by atoms with Gasteiger partial charge < -0.3 is 20.6 Å². The summed E-state index contributed by atoms with van der Waals surface area (Å²) >= 11 is 0. The van der Waals surface area contributed by atoms with Crippen molar-refractivity contribution in [2.45, 2.75) is 0 Å². The highest BCUT2D eigenvalue weighted by molar-refractivity contribution is 6.12. The number of para-hydroxylation sites is 2. The molecule has 40 heavy (non-hydrogen) atoms. The molecule has 0 bridgehead atoms. The number of hydrogen-bond donors (Lipinski definition) is 2. The number of aromatic nitrogens is 2. The number of rotatable bonds is 3. The van der Waals surface area contributed by atoms with Gasteiger partial charge in [-0.3, -0.25) is 0 Å². The van der Waals surface area contributed by atoms with E-state index >= 15 is 0 Å². The van der Waals surface area contributed by atoms with Gasteiger partial charge in [0, 0.05) is 44.3 Å². The number of nitrogen functional groups attached to an aromatic ring is 2. The van der Waals surface area contributed by atoms with Crippen LogP contribution in [0, 0.1) is 0 Å². The average Bonchev–Trinajstić information content (AvgIpc) is 3.50. The normalized spacial score (nSPS) is 11.7. The van der Waals surface area contributed by atoms with Crippen LogP contribution in [0.2, 0.25) is 0 Å². The van der Waals surface area contributed by atoms with E-state index in [0.717, 1.165) is 22.7 Å². The Kier molecular flexibility index (Phi) is 4.79. The second-order valence-corrected chi connectivity index (χ2v) is 10.4. The van der Waals surface area contributed by atoms with Crippen molar-refractivity contribution in [2.75, 3.05) is 11.5 Å².